The molecule has 0 unspecified atom stereocenters. The molecule has 0 fully saturated rings. The second kappa shape index (κ2) is 6.29. The minimum atomic E-state index is 0.380. The van der Waals surface area contributed by atoms with Crippen LogP contribution < -0.4 is 10.1 Å². The average molecular weight is 257 g/mol. The topological polar surface area (TPSA) is 47.0 Å². The number of aryl methyl sites for hydroxylation is 2. The van der Waals surface area contributed by atoms with Crippen molar-refractivity contribution >= 4 is 0 Å². The first-order valence-electron chi connectivity index (χ1n) is 6.45. The summed E-state index contributed by atoms with van der Waals surface area (Å²) in [7, 11) is 0. The van der Waals surface area contributed by atoms with Gasteiger partial charge in [0.2, 0.25) is 0 Å². The van der Waals surface area contributed by atoms with Crippen LogP contribution in [-0.4, -0.2) is 16.5 Å². The number of nitrogens with zero attached hydrogens (tertiary/aromatic N) is 2. The normalized spacial score (nSPS) is 10.5. The first-order valence-corrected chi connectivity index (χ1v) is 6.45. The molecule has 2 aromatic rings. The van der Waals surface area contributed by atoms with E-state index in [1.54, 1.807) is 12.4 Å². The zero-order chi connectivity index (χ0) is 13.7. The minimum Gasteiger partial charge on any atom is -0.424 e. The maximum atomic E-state index is 5.66. The van der Waals surface area contributed by atoms with Gasteiger partial charge in [-0.3, -0.25) is 0 Å². The summed E-state index contributed by atoms with van der Waals surface area (Å²) in [5.41, 5.74) is 3.38. The molecule has 0 saturated heterocycles. The number of benzene rings is 1. The lowest BCUT2D eigenvalue weighted by Gasteiger charge is -2.07. The van der Waals surface area contributed by atoms with Crippen molar-refractivity contribution in [1.82, 2.24) is 15.3 Å². The van der Waals surface area contributed by atoms with Crippen molar-refractivity contribution in [2.45, 2.75) is 27.3 Å². The second-order valence-corrected chi connectivity index (χ2v) is 4.58. The molecule has 1 aromatic heterocycles. The van der Waals surface area contributed by atoms with E-state index in [1.807, 2.05) is 26.0 Å². The minimum absolute atomic E-state index is 0.380. The van der Waals surface area contributed by atoms with E-state index in [-0.39, 0.29) is 0 Å². The number of hydrogen-bond acceptors (Lipinski definition) is 4. The number of aromatic nitrogens is 2. The van der Waals surface area contributed by atoms with Crippen LogP contribution in [0.5, 0.6) is 11.8 Å². The van der Waals surface area contributed by atoms with Crippen LogP contribution in [0.4, 0.5) is 0 Å². The van der Waals surface area contributed by atoms with E-state index in [2.05, 4.69) is 28.3 Å². The highest BCUT2D eigenvalue weighted by Crippen LogP contribution is 2.20. The summed E-state index contributed by atoms with van der Waals surface area (Å²) in [4.78, 5) is 8.43. The van der Waals surface area contributed by atoms with Gasteiger partial charge in [-0.25, -0.2) is 9.97 Å². The van der Waals surface area contributed by atoms with Gasteiger partial charge in [-0.1, -0.05) is 13.0 Å². The third-order valence-corrected chi connectivity index (χ3v) is 2.67. The molecule has 0 spiro atoms. The first kappa shape index (κ1) is 13.5. The molecular formula is C15H19N3O. The molecule has 1 aromatic carbocycles. The standard InChI is InChI=1S/C15H19N3O/c1-4-16-8-13-9-17-15(18-10-13)19-14-6-11(2)5-12(3)7-14/h5-7,9-10,16H,4,8H2,1-3H3. The highest BCUT2D eigenvalue weighted by molar-refractivity contribution is 5.34. The van der Waals surface area contributed by atoms with Gasteiger partial charge in [-0.2, -0.15) is 0 Å². The fraction of sp³-hybridized carbons (Fsp3) is 0.333. The van der Waals surface area contributed by atoms with Gasteiger partial charge >= 0.3 is 6.01 Å². The van der Waals surface area contributed by atoms with Gasteiger partial charge in [0, 0.05) is 24.5 Å². The Morgan fingerprint density at radius 2 is 1.68 bits per heavy atom. The Hall–Kier alpha value is -1.94. The first-order chi connectivity index (χ1) is 9.17. The molecule has 2 rings (SSSR count). The molecule has 4 heteroatoms. The Morgan fingerprint density at radius 1 is 1.05 bits per heavy atom. The zero-order valence-corrected chi connectivity index (χ0v) is 11.6. The van der Waals surface area contributed by atoms with E-state index in [0.29, 0.717) is 6.01 Å². The lowest BCUT2D eigenvalue weighted by Crippen LogP contribution is -2.12. The Labute approximate surface area is 113 Å². The maximum Gasteiger partial charge on any atom is 0.321 e. The smallest absolute Gasteiger partial charge is 0.321 e. The summed E-state index contributed by atoms with van der Waals surface area (Å²) < 4.78 is 5.66. The van der Waals surface area contributed by atoms with Crippen LogP contribution >= 0.6 is 0 Å². The molecule has 100 valence electrons. The number of rotatable bonds is 5. The number of hydrogen-bond donors (Lipinski definition) is 1. The number of ether oxygens (including phenoxy) is 1. The molecule has 0 radical (unpaired) electrons. The molecule has 0 atom stereocenters. The zero-order valence-electron chi connectivity index (χ0n) is 11.6. The summed E-state index contributed by atoms with van der Waals surface area (Å²) >= 11 is 0. The Morgan fingerprint density at radius 3 is 2.26 bits per heavy atom. The summed E-state index contributed by atoms with van der Waals surface area (Å²) in [5, 5.41) is 3.23. The second-order valence-electron chi connectivity index (χ2n) is 4.58. The Balaban J connectivity index is 2.06. The van der Waals surface area contributed by atoms with Gasteiger partial charge in [0.25, 0.3) is 0 Å². The fourth-order valence-corrected chi connectivity index (χ4v) is 1.85. The predicted molar refractivity (Wildman–Crippen MR) is 75.4 cm³/mol. The maximum absolute atomic E-state index is 5.66. The van der Waals surface area contributed by atoms with Crippen molar-refractivity contribution in [3.05, 3.63) is 47.3 Å². The average Bonchev–Trinajstić information content (AvgIpc) is 2.37. The van der Waals surface area contributed by atoms with Gasteiger partial charge in [0.1, 0.15) is 5.75 Å². The SMILES string of the molecule is CCNCc1cnc(Oc2cc(C)cc(C)c2)nc1. The van der Waals surface area contributed by atoms with Gasteiger partial charge in [0.15, 0.2) is 0 Å². The molecule has 0 aliphatic rings. The van der Waals surface area contributed by atoms with Crippen molar-refractivity contribution in [1.29, 1.82) is 0 Å². The van der Waals surface area contributed by atoms with Crippen molar-refractivity contribution < 1.29 is 4.74 Å². The molecule has 0 aliphatic carbocycles. The molecule has 1 N–H and O–H groups in total. The fourth-order valence-electron chi connectivity index (χ4n) is 1.85. The summed E-state index contributed by atoms with van der Waals surface area (Å²) in [6.45, 7) is 7.86. The molecule has 4 nitrogen and oxygen atoms in total. The highest BCUT2D eigenvalue weighted by Gasteiger charge is 2.02. The van der Waals surface area contributed by atoms with Crippen LogP contribution in [0.2, 0.25) is 0 Å². The van der Waals surface area contributed by atoms with E-state index in [9.17, 15) is 0 Å². The van der Waals surface area contributed by atoms with Gasteiger partial charge in [-0.15, -0.1) is 0 Å². The molecule has 0 aliphatic heterocycles. The van der Waals surface area contributed by atoms with Crippen molar-refractivity contribution in [3.8, 4) is 11.8 Å². The van der Waals surface area contributed by atoms with Crippen LogP contribution in [0.15, 0.2) is 30.6 Å². The van der Waals surface area contributed by atoms with Crippen LogP contribution in [0, 0.1) is 13.8 Å². The van der Waals surface area contributed by atoms with Crippen molar-refractivity contribution in [2.75, 3.05) is 6.54 Å². The largest absolute Gasteiger partial charge is 0.424 e. The van der Waals surface area contributed by atoms with E-state index < -0.39 is 0 Å². The third kappa shape index (κ3) is 4.03. The summed E-state index contributed by atoms with van der Waals surface area (Å²) in [5.74, 6) is 0.775. The van der Waals surface area contributed by atoms with Gasteiger partial charge < -0.3 is 10.1 Å². The monoisotopic (exact) mass is 257 g/mol. The summed E-state index contributed by atoms with van der Waals surface area (Å²) in [6, 6.07) is 6.43. The quantitative estimate of drug-likeness (QED) is 0.894. The third-order valence-electron chi connectivity index (χ3n) is 2.67. The highest BCUT2D eigenvalue weighted by atomic mass is 16.5. The Kier molecular flexibility index (Phi) is 4.47. The van der Waals surface area contributed by atoms with Crippen LogP contribution in [-0.2, 0) is 6.54 Å². The molecule has 0 bridgehead atoms. The predicted octanol–water partition coefficient (Wildman–Crippen LogP) is 3.00. The lowest BCUT2D eigenvalue weighted by atomic mass is 10.1. The van der Waals surface area contributed by atoms with Gasteiger partial charge in [0.05, 0.1) is 0 Å². The van der Waals surface area contributed by atoms with E-state index in [4.69, 9.17) is 4.74 Å². The molecular weight excluding hydrogens is 238 g/mol. The van der Waals surface area contributed by atoms with E-state index in [1.165, 1.54) is 11.1 Å². The van der Waals surface area contributed by atoms with E-state index in [0.717, 1.165) is 24.4 Å². The molecule has 0 saturated carbocycles. The van der Waals surface area contributed by atoms with Gasteiger partial charge in [-0.05, 0) is 43.7 Å². The van der Waals surface area contributed by atoms with Crippen LogP contribution in [0.1, 0.15) is 23.6 Å². The molecule has 0 amide bonds. The lowest BCUT2D eigenvalue weighted by molar-refractivity contribution is 0.440. The number of nitrogens with one attached hydrogen (secondary N) is 1. The van der Waals surface area contributed by atoms with E-state index >= 15 is 0 Å². The van der Waals surface area contributed by atoms with Crippen LogP contribution in [0.25, 0.3) is 0 Å². The van der Waals surface area contributed by atoms with Crippen molar-refractivity contribution in [3.63, 3.8) is 0 Å². The van der Waals surface area contributed by atoms with Crippen molar-refractivity contribution in [2.24, 2.45) is 0 Å². The molecule has 1 heterocycles. The summed E-state index contributed by atoms with van der Waals surface area (Å²) in [6.07, 6.45) is 3.57. The molecule has 19 heavy (non-hydrogen) atoms. The Bertz CT molecular complexity index is 517. The van der Waals surface area contributed by atoms with Crippen LogP contribution in [0.3, 0.4) is 0 Å².